The van der Waals surface area contributed by atoms with E-state index in [0.29, 0.717) is 13.3 Å². The summed E-state index contributed by atoms with van der Waals surface area (Å²) >= 11 is 0. The summed E-state index contributed by atoms with van der Waals surface area (Å²) in [5.74, 6) is 1.66. The quantitative estimate of drug-likeness (QED) is 0.913. The second kappa shape index (κ2) is 5.48. The first-order chi connectivity index (χ1) is 10.0. The average molecular weight is 291 g/mol. The number of hydrogen-bond acceptors (Lipinski definition) is 5. The summed E-state index contributed by atoms with van der Waals surface area (Å²) in [6, 6.07) is 6.40. The fraction of sp³-hybridized carbons (Fsp3) is 0.625. The zero-order valence-electron chi connectivity index (χ0n) is 13.1. The average Bonchev–Trinajstić information content (AvgIpc) is 2.91. The van der Waals surface area contributed by atoms with Crippen molar-refractivity contribution in [2.45, 2.75) is 25.4 Å². The maximum absolute atomic E-state index is 6.08. The third-order valence-corrected chi connectivity index (χ3v) is 4.79. The third-order valence-electron chi connectivity index (χ3n) is 4.79. The number of benzene rings is 1. The van der Waals surface area contributed by atoms with Crippen LogP contribution in [0.15, 0.2) is 18.2 Å². The Morgan fingerprint density at radius 1 is 1.24 bits per heavy atom. The lowest BCUT2D eigenvalue weighted by molar-refractivity contribution is 0.0180. The second-order valence-corrected chi connectivity index (χ2v) is 6.57. The number of hydrogen-bond donors (Lipinski definition) is 1. The minimum absolute atomic E-state index is 0.169. The van der Waals surface area contributed by atoms with Crippen molar-refractivity contribution in [3.63, 3.8) is 0 Å². The van der Waals surface area contributed by atoms with Gasteiger partial charge in [-0.3, -0.25) is 9.80 Å². The molecule has 2 aliphatic rings. The van der Waals surface area contributed by atoms with Crippen molar-refractivity contribution < 1.29 is 9.47 Å². The third kappa shape index (κ3) is 2.73. The number of nitrogens with two attached hydrogens (primary N) is 1. The van der Waals surface area contributed by atoms with Crippen LogP contribution in [0.2, 0.25) is 0 Å². The highest BCUT2D eigenvalue weighted by Crippen LogP contribution is 2.36. The molecule has 5 nitrogen and oxygen atoms in total. The van der Waals surface area contributed by atoms with Gasteiger partial charge in [0.2, 0.25) is 6.79 Å². The number of rotatable bonds is 3. The highest BCUT2D eigenvalue weighted by atomic mass is 16.7. The van der Waals surface area contributed by atoms with Gasteiger partial charge in [-0.1, -0.05) is 6.07 Å². The molecule has 0 amide bonds. The summed E-state index contributed by atoms with van der Waals surface area (Å²) in [6.07, 6.45) is 0. The molecule has 0 aliphatic carbocycles. The second-order valence-electron chi connectivity index (χ2n) is 6.57. The van der Waals surface area contributed by atoms with E-state index in [1.807, 2.05) is 6.07 Å². The predicted octanol–water partition coefficient (Wildman–Crippen LogP) is 1.44. The van der Waals surface area contributed by atoms with E-state index in [-0.39, 0.29) is 11.6 Å². The lowest BCUT2D eigenvalue weighted by Gasteiger charge is -2.48. The van der Waals surface area contributed by atoms with Gasteiger partial charge in [-0.2, -0.15) is 0 Å². The van der Waals surface area contributed by atoms with Gasteiger partial charge in [0.25, 0.3) is 0 Å². The molecule has 0 radical (unpaired) electrons. The number of piperazine rings is 1. The van der Waals surface area contributed by atoms with E-state index in [4.69, 9.17) is 15.2 Å². The lowest BCUT2D eigenvalue weighted by Crippen LogP contribution is -2.58. The first-order valence-electron chi connectivity index (χ1n) is 7.56. The minimum Gasteiger partial charge on any atom is -0.454 e. The molecule has 2 N–H and O–H groups in total. The lowest BCUT2D eigenvalue weighted by atomic mass is 9.96. The molecule has 0 aromatic heterocycles. The van der Waals surface area contributed by atoms with Gasteiger partial charge in [-0.05, 0) is 38.6 Å². The van der Waals surface area contributed by atoms with E-state index < -0.39 is 0 Å². The number of fused-ring (bicyclic) bond motifs is 1. The van der Waals surface area contributed by atoms with Crippen molar-refractivity contribution in [1.82, 2.24) is 9.80 Å². The van der Waals surface area contributed by atoms with Crippen LogP contribution >= 0.6 is 0 Å². The predicted molar refractivity (Wildman–Crippen MR) is 82.6 cm³/mol. The van der Waals surface area contributed by atoms with E-state index >= 15 is 0 Å². The van der Waals surface area contributed by atoms with E-state index in [0.717, 1.165) is 31.1 Å². The van der Waals surface area contributed by atoms with Crippen LogP contribution in [-0.2, 0) is 0 Å². The Morgan fingerprint density at radius 2 is 2.00 bits per heavy atom. The maximum Gasteiger partial charge on any atom is 0.231 e. The van der Waals surface area contributed by atoms with Gasteiger partial charge in [0.1, 0.15) is 0 Å². The van der Waals surface area contributed by atoms with Crippen molar-refractivity contribution in [1.29, 1.82) is 0 Å². The molecule has 1 aromatic carbocycles. The minimum atomic E-state index is 0.169. The van der Waals surface area contributed by atoms with Crippen LogP contribution < -0.4 is 15.2 Å². The molecule has 1 saturated heterocycles. The van der Waals surface area contributed by atoms with Crippen molar-refractivity contribution in [3.05, 3.63) is 23.8 Å². The molecule has 1 unspecified atom stereocenters. The maximum atomic E-state index is 6.08. The van der Waals surface area contributed by atoms with E-state index in [1.54, 1.807) is 0 Å². The highest BCUT2D eigenvalue weighted by Gasteiger charge is 2.34. The topological polar surface area (TPSA) is 51.0 Å². The van der Waals surface area contributed by atoms with Crippen LogP contribution in [0.1, 0.15) is 25.5 Å². The zero-order valence-corrected chi connectivity index (χ0v) is 13.1. The Kier molecular flexibility index (Phi) is 3.82. The van der Waals surface area contributed by atoms with Gasteiger partial charge < -0.3 is 15.2 Å². The number of likely N-dealkylation sites (N-methyl/N-ethyl adjacent to an activating group) is 1. The van der Waals surface area contributed by atoms with E-state index in [9.17, 15) is 0 Å². The van der Waals surface area contributed by atoms with Crippen LogP contribution in [0.3, 0.4) is 0 Å². The van der Waals surface area contributed by atoms with Gasteiger partial charge >= 0.3 is 0 Å². The van der Waals surface area contributed by atoms with Gasteiger partial charge in [0, 0.05) is 37.8 Å². The summed E-state index contributed by atoms with van der Waals surface area (Å²) in [7, 11) is 2.19. The molecule has 116 valence electrons. The van der Waals surface area contributed by atoms with Crippen LogP contribution in [0, 0.1) is 0 Å². The molecule has 1 aromatic rings. The van der Waals surface area contributed by atoms with Crippen LogP contribution in [0.4, 0.5) is 0 Å². The molecular formula is C16H25N3O2. The normalized spacial score (nSPS) is 23.2. The van der Waals surface area contributed by atoms with E-state index in [2.05, 4.69) is 42.8 Å². The van der Waals surface area contributed by atoms with Crippen molar-refractivity contribution >= 4 is 0 Å². The number of ether oxygens (including phenoxy) is 2. The van der Waals surface area contributed by atoms with Gasteiger partial charge in [-0.25, -0.2) is 0 Å². The first kappa shape index (κ1) is 14.6. The molecule has 5 heteroatoms. The molecule has 21 heavy (non-hydrogen) atoms. The molecule has 1 atom stereocenters. The van der Waals surface area contributed by atoms with Crippen molar-refractivity contribution in [2.75, 3.05) is 40.0 Å². The summed E-state index contributed by atoms with van der Waals surface area (Å²) in [4.78, 5) is 4.90. The largest absolute Gasteiger partial charge is 0.454 e. The Hall–Kier alpha value is -1.30. The van der Waals surface area contributed by atoms with E-state index in [1.165, 1.54) is 5.56 Å². The molecule has 2 heterocycles. The Morgan fingerprint density at radius 3 is 2.71 bits per heavy atom. The van der Waals surface area contributed by atoms with Gasteiger partial charge in [0.15, 0.2) is 11.5 Å². The molecule has 0 bridgehead atoms. The van der Waals surface area contributed by atoms with Gasteiger partial charge in [-0.15, -0.1) is 0 Å². The zero-order chi connectivity index (χ0) is 15.0. The fourth-order valence-corrected chi connectivity index (χ4v) is 3.16. The van der Waals surface area contributed by atoms with Gasteiger partial charge in [0.05, 0.1) is 0 Å². The monoisotopic (exact) mass is 291 g/mol. The smallest absolute Gasteiger partial charge is 0.231 e. The Bertz CT molecular complexity index is 518. The van der Waals surface area contributed by atoms with Crippen LogP contribution in [0.5, 0.6) is 11.5 Å². The molecule has 3 rings (SSSR count). The molecule has 0 saturated carbocycles. The fourth-order valence-electron chi connectivity index (χ4n) is 3.16. The number of nitrogens with zero attached hydrogens (tertiary/aromatic N) is 2. The SMILES string of the molecule is CN1CCN(C(CN)c2ccc3c(c2)OCO3)CC1(C)C. The summed E-state index contributed by atoms with van der Waals surface area (Å²) in [5.41, 5.74) is 7.46. The van der Waals surface area contributed by atoms with Crippen LogP contribution in [-0.4, -0.2) is 55.4 Å². The van der Waals surface area contributed by atoms with Crippen molar-refractivity contribution in [3.8, 4) is 11.5 Å². The Balaban J connectivity index is 1.82. The molecule has 2 aliphatic heterocycles. The molecule has 0 spiro atoms. The first-order valence-corrected chi connectivity index (χ1v) is 7.56. The summed E-state index contributed by atoms with van der Waals surface area (Å²) in [5, 5.41) is 0. The van der Waals surface area contributed by atoms with Crippen molar-refractivity contribution in [2.24, 2.45) is 5.73 Å². The standard InChI is InChI=1S/C16H25N3O2/c1-16(2)10-19(7-6-18(16)3)13(9-17)12-4-5-14-15(8-12)21-11-20-14/h4-5,8,13H,6-7,9-11,17H2,1-3H3. The van der Waals surface area contributed by atoms with Crippen LogP contribution in [0.25, 0.3) is 0 Å². The highest BCUT2D eigenvalue weighted by molar-refractivity contribution is 5.45. The summed E-state index contributed by atoms with van der Waals surface area (Å²) in [6.45, 7) is 8.61. The molecular weight excluding hydrogens is 266 g/mol. The Labute approximate surface area is 126 Å². The summed E-state index contributed by atoms with van der Waals surface area (Å²) < 4.78 is 10.9. The molecule has 1 fully saturated rings.